The number of benzene rings is 1. The number of aliphatic carboxylic acids is 1. The molecule has 1 aliphatic rings. The Balaban J connectivity index is 2.05. The van der Waals surface area contributed by atoms with Crippen LogP contribution in [0.2, 0.25) is 10.0 Å². The summed E-state index contributed by atoms with van der Waals surface area (Å²) in [6.45, 7) is 1.24. The van der Waals surface area contributed by atoms with E-state index in [1.165, 1.54) is 6.33 Å². The second-order valence-corrected chi connectivity index (χ2v) is 6.44. The first-order valence-electron chi connectivity index (χ1n) is 7.00. The van der Waals surface area contributed by atoms with Gasteiger partial charge < -0.3 is 9.84 Å². The molecule has 0 radical (unpaired) electrons. The number of Topliss-reactive ketones (excluding diaryl/α,β-unsaturated/α-hetero) is 1. The zero-order valence-electron chi connectivity index (χ0n) is 12.5. The fourth-order valence-electron chi connectivity index (χ4n) is 2.84. The second-order valence-electron chi connectivity index (χ2n) is 5.68. The van der Waals surface area contributed by atoms with Gasteiger partial charge in [0.15, 0.2) is 12.4 Å². The topological polar surface area (TPSA) is 89.4 Å². The Morgan fingerprint density at radius 1 is 1.33 bits per heavy atom. The van der Waals surface area contributed by atoms with Crippen molar-refractivity contribution in [2.45, 2.75) is 18.8 Å². The lowest BCUT2D eigenvalue weighted by atomic mass is 9.80. The van der Waals surface area contributed by atoms with Crippen LogP contribution in [0.5, 0.6) is 5.75 Å². The van der Waals surface area contributed by atoms with Gasteiger partial charge in [0.25, 0.3) is 0 Å². The second kappa shape index (κ2) is 6.03. The predicted molar refractivity (Wildman–Crippen MR) is 87.0 cm³/mol. The molecule has 0 bridgehead atoms. The average Bonchev–Trinajstić information content (AvgIpc) is 2.82. The van der Waals surface area contributed by atoms with Crippen LogP contribution in [0.15, 0.2) is 24.8 Å². The van der Waals surface area contributed by atoms with Crippen molar-refractivity contribution in [3.63, 3.8) is 0 Å². The first-order chi connectivity index (χ1) is 11.3. The number of ketones is 1. The maximum Gasteiger partial charge on any atom is 0.341 e. The summed E-state index contributed by atoms with van der Waals surface area (Å²) in [7, 11) is 0. The van der Waals surface area contributed by atoms with Gasteiger partial charge in [0.2, 0.25) is 0 Å². The summed E-state index contributed by atoms with van der Waals surface area (Å²) in [4.78, 5) is 31.5. The van der Waals surface area contributed by atoms with Crippen LogP contribution in [0.4, 0.5) is 0 Å². The molecule has 1 unspecified atom stereocenters. The molecule has 0 saturated heterocycles. The summed E-state index contributed by atoms with van der Waals surface area (Å²) in [5, 5.41) is 8.83. The number of hydrogen-bond acceptors (Lipinski definition) is 5. The number of ether oxygens (including phenoxy) is 1. The normalized spacial score (nSPS) is 19.2. The minimum atomic E-state index is -1.13. The zero-order chi connectivity index (χ0) is 17.5. The molecule has 1 N–H and O–H groups in total. The van der Waals surface area contributed by atoms with Gasteiger partial charge in [-0.25, -0.2) is 14.8 Å². The number of carboxylic acids is 1. The highest BCUT2D eigenvalue weighted by Gasteiger charge is 2.45. The zero-order valence-corrected chi connectivity index (χ0v) is 14.1. The van der Waals surface area contributed by atoms with Crippen molar-refractivity contribution < 1.29 is 19.4 Å². The minimum absolute atomic E-state index is 0.0265. The maximum absolute atomic E-state index is 12.9. The molecule has 1 atom stereocenters. The van der Waals surface area contributed by atoms with Gasteiger partial charge in [-0.05, 0) is 25.0 Å². The SMILES string of the molecule is CC1(c2cncnc2)Cc2cc(OCC(=O)O)c(Cl)c(Cl)c2C1=O. The molecule has 1 aliphatic carbocycles. The number of carbonyl (C=O) groups is 2. The summed E-state index contributed by atoms with van der Waals surface area (Å²) < 4.78 is 5.16. The highest BCUT2D eigenvalue weighted by molar-refractivity contribution is 6.45. The van der Waals surface area contributed by atoms with Gasteiger partial charge in [-0.1, -0.05) is 23.2 Å². The monoisotopic (exact) mass is 366 g/mol. The fraction of sp³-hybridized carbons (Fsp3) is 0.250. The van der Waals surface area contributed by atoms with Gasteiger partial charge in [-0.2, -0.15) is 0 Å². The van der Waals surface area contributed by atoms with Gasteiger partial charge in [0.1, 0.15) is 17.1 Å². The average molecular weight is 367 g/mol. The molecule has 6 nitrogen and oxygen atoms in total. The summed E-state index contributed by atoms with van der Waals surface area (Å²) in [6, 6.07) is 1.57. The Kier molecular flexibility index (Phi) is 4.19. The van der Waals surface area contributed by atoms with Crippen molar-refractivity contribution in [2.75, 3.05) is 6.61 Å². The molecule has 0 spiro atoms. The van der Waals surface area contributed by atoms with E-state index >= 15 is 0 Å². The van der Waals surface area contributed by atoms with Crippen molar-refractivity contribution in [1.82, 2.24) is 9.97 Å². The highest BCUT2D eigenvalue weighted by atomic mass is 35.5. The first-order valence-corrected chi connectivity index (χ1v) is 7.76. The van der Waals surface area contributed by atoms with Crippen LogP contribution in [0.1, 0.15) is 28.4 Å². The van der Waals surface area contributed by atoms with E-state index in [9.17, 15) is 9.59 Å². The highest BCUT2D eigenvalue weighted by Crippen LogP contribution is 2.47. The molecule has 24 heavy (non-hydrogen) atoms. The summed E-state index contributed by atoms with van der Waals surface area (Å²) in [5.74, 6) is -1.17. The van der Waals surface area contributed by atoms with E-state index in [2.05, 4.69) is 9.97 Å². The Morgan fingerprint density at radius 2 is 2.00 bits per heavy atom. The molecule has 1 aromatic carbocycles. The number of carbonyl (C=O) groups excluding carboxylic acids is 1. The maximum atomic E-state index is 12.9. The summed E-state index contributed by atoms with van der Waals surface area (Å²) >= 11 is 12.4. The molecular weight excluding hydrogens is 355 g/mol. The molecule has 124 valence electrons. The van der Waals surface area contributed by atoms with E-state index in [1.807, 2.05) is 0 Å². The van der Waals surface area contributed by atoms with E-state index in [0.29, 0.717) is 23.1 Å². The number of carboxylic acid groups (broad SMARTS) is 1. The lowest BCUT2D eigenvalue weighted by Crippen LogP contribution is -2.29. The standard InChI is InChI=1S/C16H12Cl2N2O4/c1-16(9-4-19-7-20-5-9)3-8-2-10(24-6-11(21)22)13(17)14(18)12(8)15(16)23/h2,4-5,7H,3,6H2,1H3,(H,21,22). The molecule has 1 heterocycles. The van der Waals surface area contributed by atoms with Crippen LogP contribution >= 0.6 is 23.2 Å². The molecule has 8 heteroatoms. The van der Waals surface area contributed by atoms with Gasteiger partial charge >= 0.3 is 5.97 Å². The van der Waals surface area contributed by atoms with E-state index in [4.69, 9.17) is 33.0 Å². The number of hydrogen-bond donors (Lipinski definition) is 1. The minimum Gasteiger partial charge on any atom is -0.480 e. The third-order valence-corrected chi connectivity index (χ3v) is 4.93. The molecular formula is C16H12Cl2N2O4. The number of aromatic nitrogens is 2. The number of nitrogens with zero attached hydrogens (tertiary/aromatic N) is 2. The third kappa shape index (κ3) is 2.61. The lowest BCUT2D eigenvalue weighted by molar-refractivity contribution is -0.139. The largest absolute Gasteiger partial charge is 0.480 e. The van der Waals surface area contributed by atoms with E-state index in [0.717, 1.165) is 0 Å². The quantitative estimate of drug-likeness (QED) is 0.894. The van der Waals surface area contributed by atoms with Crippen LogP contribution in [0.3, 0.4) is 0 Å². The molecule has 0 aliphatic heterocycles. The Labute approximate surface area is 147 Å². The molecule has 0 amide bonds. The van der Waals surface area contributed by atoms with Gasteiger partial charge in [0, 0.05) is 23.5 Å². The molecule has 0 fully saturated rings. The van der Waals surface area contributed by atoms with Crippen molar-refractivity contribution in [1.29, 1.82) is 0 Å². The number of rotatable bonds is 4. The predicted octanol–water partition coefficient (Wildman–Crippen LogP) is 2.94. The Morgan fingerprint density at radius 3 is 2.62 bits per heavy atom. The van der Waals surface area contributed by atoms with Crippen molar-refractivity contribution in [3.05, 3.63) is 51.5 Å². The molecule has 2 aromatic rings. The first kappa shape index (κ1) is 16.7. The van der Waals surface area contributed by atoms with Crippen molar-refractivity contribution in [2.24, 2.45) is 0 Å². The molecule has 0 saturated carbocycles. The molecule has 1 aromatic heterocycles. The van der Waals surface area contributed by atoms with Crippen LogP contribution in [-0.2, 0) is 16.6 Å². The van der Waals surface area contributed by atoms with Crippen molar-refractivity contribution >= 4 is 35.0 Å². The number of fused-ring (bicyclic) bond motifs is 1. The Hall–Kier alpha value is -2.18. The molecule has 3 rings (SSSR count). The van der Waals surface area contributed by atoms with Gasteiger partial charge in [-0.3, -0.25) is 4.79 Å². The third-order valence-electron chi connectivity index (χ3n) is 4.08. The summed E-state index contributed by atoms with van der Waals surface area (Å²) in [5.41, 5.74) is 0.797. The van der Waals surface area contributed by atoms with E-state index < -0.39 is 18.0 Å². The van der Waals surface area contributed by atoms with Gasteiger partial charge in [-0.15, -0.1) is 0 Å². The lowest BCUT2D eigenvalue weighted by Gasteiger charge is -2.21. The Bertz CT molecular complexity index is 842. The van der Waals surface area contributed by atoms with Crippen LogP contribution in [0.25, 0.3) is 0 Å². The van der Waals surface area contributed by atoms with E-state index in [-0.39, 0.29) is 21.6 Å². The fourth-order valence-corrected chi connectivity index (χ4v) is 3.34. The smallest absolute Gasteiger partial charge is 0.341 e. The van der Waals surface area contributed by atoms with E-state index in [1.54, 1.807) is 25.4 Å². The van der Waals surface area contributed by atoms with Gasteiger partial charge in [0.05, 0.1) is 10.4 Å². The van der Waals surface area contributed by atoms with Crippen molar-refractivity contribution in [3.8, 4) is 5.75 Å². The van der Waals surface area contributed by atoms with Crippen LogP contribution in [0, 0.1) is 0 Å². The van der Waals surface area contributed by atoms with Crippen LogP contribution in [-0.4, -0.2) is 33.4 Å². The summed E-state index contributed by atoms with van der Waals surface area (Å²) in [6.07, 6.45) is 4.94. The number of halogens is 2. The van der Waals surface area contributed by atoms with Crippen LogP contribution < -0.4 is 4.74 Å².